The summed E-state index contributed by atoms with van der Waals surface area (Å²) in [7, 11) is -0.0721. The van der Waals surface area contributed by atoms with E-state index in [0.717, 1.165) is 0 Å². The Balaban J connectivity index is 4.36. The summed E-state index contributed by atoms with van der Waals surface area (Å²) in [5, 5.41) is 9.01. The minimum absolute atomic E-state index is 0.0721. The van der Waals surface area contributed by atoms with Crippen molar-refractivity contribution in [3.63, 3.8) is 0 Å². The standard InChI is InChI=1S/C9H18ClN2OP/c1-7(2)12(8(3)4)9(5-11)6-13-14-10/h7-9,14H,6H2,1-4H3. The van der Waals surface area contributed by atoms with Gasteiger partial charge in [0.25, 0.3) is 0 Å². The molecule has 0 aliphatic carbocycles. The average molecular weight is 237 g/mol. The van der Waals surface area contributed by atoms with Crippen LogP contribution in [0.5, 0.6) is 0 Å². The van der Waals surface area contributed by atoms with Crippen molar-refractivity contribution in [3.05, 3.63) is 0 Å². The molecule has 5 heteroatoms. The predicted molar refractivity (Wildman–Crippen MR) is 61.6 cm³/mol. The van der Waals surface area contributed by atoms with Crippen LogP contribution in [0.1, 0.15) is 27.7 Å². The highest BCUT2D eigenvalue weighted by Gasteiger charge is 2.23. The summed E-state index contributed by atoms with van der Waals surface area (Å²) in [4.78, 5) is 2.12. The van der Waals surface area contributed by atoms with E-state index in [9.17, 15) is 0 Å². The topological polar surface area (TPSA) is 36.3 Å². The van der Waals surface area contributed by atoms with Crippen molar-refractivity contribution < 1.29 is 4.52 Å². The van der Waals surface area contributed by atoms with Crippen molar-refractivity contribution in [2.24, 2.45) is 0 Å². The van der Waals surface area contributed by atoms with Gasteiger partial charge in [-0.1, -0.05) is 11.2 Å². The third-order valence-electron chi connectivity index (χ3n) is 2.00. The van der Waals surface area contributed by atoms with Gasteiger partial charge in [-0.15, -0.1) is 0 Å². The van der Waals surface area contributed by atoms with Gasteiger partial charge in [-0.05, 0) is 27.7 Å². The van der Waals surface area contributed by atoms with Gasteiger partial charge in [-0.3, -0.25) is 4.90 Å². The monoisotopic (exact) mass is 236 g/mol. The van der Waals surface area contributed by atoms with Crippen LogP contribution in [0.4, 0.5) is 0 Å². The van der Waals surface area contributed by atoms with Gasteiger partial charge in [0.05, 0.1) is 12.7 Å². The summed E-state index contributed by atoms with van der Waals surface area (Å²) < 4.78 is 5.10. The van der Waals surface area contributed by atoms with Crippen LogP contribution in [0.15, 0.2) is 0 Å². The first-order valence-corrected chi connectivity index (χ1v) is 6.61. The number of rotatable bonds is 6. The van der Waals surface area contributed by atoms with Crippen LogP contribution >= 0.6 is 19.4 Å². The number of halogens is 1. The van der Waals surface area contributed by atoms with Gasteiger partial charge in [-0.2, -0.15) is 5.26 Å². The molecule has 0 radical (unpaired) electrons. The van der Waals surface area contributed by atoms with E-state index in [-0.39, 0.29) is 14.2 Å². The summed E-state index contributed by atoms with van der Waals surface area (Å²) in [6.45, 7) is 8.69. The molecule has 0 aromatic rings. The van der Waals surface area contributed by atoms with E-state index in [1.54, 1.807) is 0 Å². The summed E-state index contributed by atoms with van der Waals surface area (Å²) in [6, 6.07) is 2.71. The molecule has 0 aromatic heterocycles. The van der Waals surface area contributed by atoms with Gasteiger partial charge in [-0.25, -0.2) is 0 Å². The normalized spacial score (nSPS) is 14.5. The van der Waals surface area contributed by atoms with Crippen LogP contribution in [-0.4, -0.2) is 29.6 Å². The van der Waals surface area contributed by atoms with Crippen LogP contribution in [0, 0.1) is 11.3 Å². The Morgan fingerprint density at radius 3 is 2.14 bits per heavy atom. The lowest BCUT2D eigenvalue weighted by molar-refractivity contribution is 0.111. The molecule has 0 bridgehead atoms. The lowest BCUT2D eigenvalue weighted by atomic mass is 10.1. The van der Waals surface area contributed by atoms with Crippen molar-refractivity contribution in [1.29, 1.82) is 5.26 Å². The molecule has 82 valence electrons. The first kappa shape index (κ1) is 14.1. The Kier molecular flexibility index (Phi) is 7.49. The van der Waals surface area contributed by atoms with Crippen LogP contribution in [0.2, 0.25) is 0 Å². The minimum atomic E-state index is -0.207. The molecular weight excluding hydrogens is 219 g/mol. The zero-order valence-corrected chi connectivity index (χ0v) is 10.9. The van der Waals surface area contributed by atoms with Crippen molar-refractivity contribution in [1.82, 2.24) is 4.90 Å². The first-order valence-electron chi connectivity index (χ1n) is 4.69. The van der Waals surface area contributed by atoms with Gasteiger partial charge >= 0.3 is 0 Å². The van der Waals surface area contributed by atoms with Crippen molar-refractivity contribution in [2.75, 3.05) is 6.61 Å². The second-order valence-corrected chi connectivity index (χ2v) is 4.57. The average Bonchev–Trinajstić information content (AvgIpc) is 2.10. The molecular formula is C9H18ClN2OP. The van der Waals surface area contributed by atoms with Crippen LogP contribution < -0.4 is 0 Å². The Labute approximate surface area is 93.0 Å². The molecule has 0 aliphatic rings. The van der Waals surface area contributed by atoms with Gasteiger partial charge in [0.15, 0.2) is 0 Å². The SMILES string of the molecule is CC(C)N(C(C)C)C(C#N)COPCl. The molecule has 3 nitrogen and oxygen atoms in total. The van der Waals surface area contributed by atoms with Crippen molar-refractivity contribution in [2.45, 2.75) is 45.8 Å². The smallest absolute Gasteiger partial charge is 0.122 e. The summed E-state index contributed by atoms with van der Waals surface area (Å²) in [6.07, 6.45) is 0. The van der Waals surface area contributed by atoms with E-state index < -0.39 is 0 Å². The quantitative estimate of drug-likeness (QED) is 0.666. The maximum Gasteiger partial charge on any atom is 0.122 e. The number of nitriles is 1. The second kappa shape index (κ2) is 7.43. The second-order valence-electron chi connectivity index (χ2n) is 3.67. The number of hydrogen-bond acceptors (Lipinski definition) is 3. The lowest BCUT2D eigenvalue weighted by Crippen LogP contribution is -2.46. The fourth-order valence-corrected chi connectivity index (χ4v) is 2.03. The summed E-state index contributed by atoms with van der Waals surface area (Å²) >= 11 is 5.44. The minimum Gasteiger partial charge on any atom is -0.343 e. The highest BCUT2D eigenvalue weighted by atomic mass is 35.7. The van der Waals surface area contributed by atoms with Crippen molar-refractivity contribution in [3.8, 4) is 6.07 Å². The largest absolute Gasteiger partial charge is 0.343 e. The van der Waals surface area contributed by atoms with E-state index in [2.05, 4.69) is 38.7 Å². The van der Waals surface area contributed by atoms with E-state index in [0.29, 0.717) is 18.7 Å². The molecule has 0 aliphatic heterocycles. The molecule has 0 spiro atoms. The molecule has 0 saturated heterocycles. The lowest BCUT2D eigenvalue weighted by Gasteiger charge is -2.34. The van der Waals surface area contributed by atoms with Crippen LogP contribution in [0.3, 0.4) is 0 Å². The van der Waals surface area contributed by atoms with Gasteiger partial charge < -0.3 is 4.52 Å². The molecule has 0 N–H and O–H groups in total. The van der Waals surface area contributed by atoms with Crippen LogP contribution in [-0.2, 0) is 4.52 Å². The summed E-state index contributed by atoms with van der Waals surface area (Å²) in [5.41, 5.74) is 0. The summed E-state index contributed by atoms with van der Waals surface area (Å²) in [5.74, 6) is 0. The zero-order valence-electron chi connectivity index (χ0n) is 9.12. The molecule has 2 unspecified atom stereocenters. The number of nitrogens with zero attached hydrogens (tertiary/aromatic N) is 2. The Morgan fingerprint density at radius 2 is 1.86 bits per heavy atom. The molecule has 14 heavy (non-hydrogen) atoms. The predicted octanol–water partition coefficient (Wildman–Crippen LogP) is 2.76. The molecule has 0 rings (SSSR count). The van der Waals surface area contributed by atoms with Crippen molar-refractivity contribution >= 4 is 19.4 Å². The maximum absolute atomic E-state index is 9.01. The Bertz CT molecular complexity index is 186. The third-order valence-corrected chi connectivity index (χ3v) is 2.60. The molecule has 0 aromatic carbocycles. The highest BCUT2D eigenvalue weighted by Crippen LogP contribution is 2.19. The number of hydrogen-bond donors (Lipinski definition) is 0. The molecule has 0 amide bonds. The van der Waals surface area contributed by atoms with Crippen LogP contribution in [0.25, 0.3) is 0 Å². The zero-order chi connectivity index (χ0) is 11.1. The van der Waals surface area contributed by atoms with E-state index in [4.69, 9.17) is 21.0 Å². The molecule has 2 atom stereocenters. The van der Waals surface area contributed by atoms with E-state index >= 15 is 0 Å². The van der Waals surface area contributed by atoms with E-state index in [1.807, 2.05) is 0 Å². The maximum atomic E-state index is 9.01. The first-order chi connectivity index (χ1) is 6.54. The molecule has 0 heterocycles. The molecule has 0 saturated carbocycles. The Hall–Kier alpha value is 0.130. The fourth-order valence-electron chi connectivity index (χ4n) is 1.62. The fraction of sp³-hybridized carbons (Fsp3) is 0.889. The van der Waals surface area contributed by atoms with Gasteiger partial charge in [0.2, 0.25) is 0 Å². The highest BCUT2D eigenvalue weighted by molar-refractivity contribution is 7.64. The van der Waals surface area contributed by atoms with Gasteiger partial charge in [0, 0.05) is 12.1 Å². The van der Waals surface area contributed by atoms with E-state index in [1.165, 1.54) is 0 Å². The third kappa shape index (κ3) is 4.57. The Morgan fingerprint density at radius 1 is 1.36 bits per heavy atom. The molecule has 0 fully saturated rings. The van der Waals surface area contributed by atoms with Gasteiger partial charge in [0.1, 0.15) is 14.2 Å².